The average Bonchev–Trinajstić information content (AvgIpc) is 3.71. The molecule has 3 N–H and O–H groups in total. The number of rotatable bonds is 10. The molecular formula is C31H41BN2NaO7S2. The molecule has 1 aliphatic heterocycles. The first-order valence-electron chi connectivity index (χ1n) is 13.2. The molecule has 1 unspecified atom stereocenters. The minimum Gasteiger partial charge on any atom is -1.00 e. The standard InChI is InChI=1S/C13H13NO3S.C13H15NO2S.C4H8O2.CH4.B.Na.H/c1-9-14-11(8-18-9)7-17-12-4-2-10(3-5-12)6-13(15)16;1-10-14-12(9-17-10)8-16-13-4-2-11(3-5-13)6-7-15;5-4-2-1-3-6-4;;;;/h2-5,8H,6-7H2,1H3,(H,15,16);2-5,9,15H,6-8H2,1H3;4-5H,1-3H2;1H4;;;/q;;;;;+1;-1. The van der Waals surface area contributed by atoms with E-state index in [9.17, 15) is 4.79 Å². The summed E-state index contributed by atoms with van der Waals surface area (Å²) in [6.45, 7) is 5.79. The van der Waals surface area contributed by atoms with Crippen molar-refractivity contribution in [2.24, 2.45) is 0 Å². The third-order valence-electron chi connectivity index (χ3n) is 5.61. The van der Waals surface area contributed by atoms with Gasteiger partial charge in [-0.15, -0.1) is 22.7 Å². The molecule has 0 saturated carbocycles. The van der Waals surface area contributed by atoms with E-state index in [-0.39, 0.29) is 59.9 Å². The fourth-order valence-electron chi connectivity index (χ4n) is 3.58. The molecular weight excluding hydrogens is 610 g/mol. The van der Waals surface area contributed by atoms with E-state index in [1.807, 2.05) is 48.9 Å². The van der Waals surface area contributed by atoms with E-state index in [0.717, 1.165) is 63.5 Å². The van der Waals surface area contributed by atoms with Crippen LogP contribution < -0.4 is 39.0 Å². The van der Waals surface area contributed by atoms with Crippen LogP contribution in [0.2, 0.25) is 0 Å². The van der Waals surface area contributed by atoms with Gasteiger partial charge in [0.25, 0.3) is 0 Å². The number of carboxylic acid groups (broad SMARTS) is 1. The van der Waals surface area contributed by atoms with Crippen molar-refractivity contribution in [2.45, 2.75) is 66.5 Å². The first-order valence-corrected chi connectivity index (χ1v) is 14.9. The van der Waals surface area contributed by atoms with Gasteiger partial charge in [0.1, 0.15) is 24.7 Å². The van der Waals surface area contributed by atoms with Crippen molar-refractivity contribution in [2.75, 3.05) is 13.2 Å². The van der Waals surface area contributed by atoms with E-state index in [1.54, 1.807) is 46.9 Å². The molecule has 0 amide bonds. The molecule has 5 rings (SSSR count). The number of aliphatic hydroxyl groups excluding tert-OH is 2. The second kappa shape index (κ2) is 23.1. The van der Waals surface area contributed by atoms with Crippen molar-refractivity contribution >= 4 is 37.1 Å². The van der Waals surface area contributed by atoms with Crippen LogP contribution in [-0.2, 0) is 35.6 Å². The van der Waals surface area contributed by atoms with E-state index in [2.05, 4.69) is 9.97 Å². The number of nitrogens with zero attached hydrogens (tertiary/aromatic N) is 2. The molecule has 3 radical (unpaired) electrons. The van der Waals surface area contributed by atoms with Gasteiger partial charge in [-0.2, -0.15) is 0 Å². The van der Waals surface area contributed by atoms with Gasteiger partial charge in [0.15, 0.2) is 6.29 Å². The van der Waals surface area contributed by atoms with Crippen LogP contribution in [0.15, 0.2) is 59.3 Å². The number of thiazole rings is 2. The van der Waals surface area contributed by atoms with Crippen LogP contribution >= 0.6 is 22.7 Å². The summed E-state index contributed by atoms with van der Waals surface area (Å²) in [5, 5.41) is 32.0. The number of carboxylic acids is 1. The molecule has 0 bridgehead atoms. The van der Waals surface area contributed by atoms with Gasteiger partial charge >= 0.3 is 35.5 Å². The molecule has 1 saturated heterocycles. The summed E-state index contributed by atoms with van der Waals surface area (Å²) in [4.78, 5) is 19.2. The van der Waals surface area contributed by atoms with Crippen LogP contribution in [0, 0.1) is 13.8 Å². The van der Waals surface area contributed by atoms with Gasteiger partial charge < -0.3 is 31.0 Å². The van der Waals surface area contributed by atoms with E-state index >= 15 is 0 Å². The smallest absolute Gasteiger partial charge is 1.00 e. The van der Waals surface area contributed by atoms with Crippen molar-refractivity contribution in [1.82, 2.24) is 9.97 Å². The largest absolute Gasteiger partial charge is 1.00 e. The van der Waals surface area contributed by atoms with E-state index in [4.69, 9.17) is 29.5 Å². The third kappa shape index (κ3) is 16.7. The quantitative estimate of drug-likeness (QED) is 0.222. The number of benzene rings is 2. The number of aliphatic hydroxyl groups is 2. The summed E-state index contributed by atoms with van der Waals surface area (Å²) in [5.41, 5.74) is 3.75. The zero-order valence-corrected chi connectivity index (χ0v) is 28.4. The molecule has 0 aliphatic carbocycles. The Hall–Kier alpha value is -2.29. The topological polar surface area (TPSA) is 131 Å². The molecule has 13 heteroatoms. The van der Waals surface area contributed by atoms with Crippen LogP contribution in [0.1, 0.15) is 54.2 Å². The van der Waals surface area contributed by atoms with Gasteiger partial charge in [-0.05, 0) is 62.1 Å². The Morgan fingerprint density at radius 2 is 1.41 bits per heavy atom. The van der Waals surface area contributed by atoms with E-state index in [1.165, 1.54) is 0 Å². The molecule has 233 valence electrons. The Morgan fingerprint density at radius 1 is 0.932 bits per heavy atom. The molecule has 4 aromatic rings. The zero-order valence-electron chi connectivity index (χ0n) is 25.8. The fraction of sp³-hybridized carbons (Fsp3) is 0.387. The van der Waals surface area contributed by atoms with Gasteiger partial charge in [0.2, 0.25) is 0 Å². The third-order valence-corrected chi connectivity index (χ3v) is 7.26. The Balaban J connectivity index is 0. The SMILES string of the molecule is C.Cc1nc(COc2ccc(CC(=O)O)cc2)cs1.Cc1nc(COc2ccc(CCO)cc2)cs1.OC1CCCO1.[B].[H-].[Na+]. The predicted molar refractivity (Wildman–Crippen MR) is 172 cm³/mol. The van der Waals surface area contributed by atoms with Gasteiger partial charge in [-0.3, -0.25) is 4.79 Å². The molecule has 44 heavy (non-hydrogen) atoms. The van der Waals surface area contributed by atoms with Crippen molar-refractivity contribution in [3.05, 3.63) is 91.8 Å². The fourth-order valence-corrected chi connectivity index (χ4v) is 4.78. The van der Waals surface area contributed by atoms with Gasteiger partial charge in [0, 0.05) is 38.8 Å². The van der Waals surface area contributed by atoms with Crippen LogP contribution in [0.25, 0.3) is 0 Å². The Bertz CT molecular complexity index is 1320. The summed E-state index contributed by atoms with van der Waals surface area (Å²) in [6, 6.07) is 14.9. The monoisotopic (exact) mass is 651 g/mol. The first kappa shape index (κ1) is 41.7. The molecule has 0 spiro atoms. The molecule has 1 aliphatic rings. The second-order valence-corrected chi connectivity index (χ2v) is 11.2. The zero-order chi connectivity index (χ0) is 29.5. The summed E-state index contributed by atoms with van der Waals surface area (Å²) < 4.78 is 15.9. The number of aryl methyl sites for hydroxylation is 2. The molecule has 1 atom stereocenters. The minimum atomic E-state index is -0.832. The summed E-state index contributed by atoms with van der Waals surface area (Å²) >= 11 is 3.22. The first-order chi connectivity index (χ1) is 19.8. The number of aromatic nitrogens is 2. The number of hydrogen-bond donors (Lipinski definition) is 3. The van der Waals surface area contributed by atoms with Crippen molar-refractivity contribution < 1.29 is 65.3 Å². The van der Waals surface area contributed by atoms with Gasteiger partial charge in [-0.1, -0.05) is 31.7 Å². The molecule has 3 heterocycles. The molecule has 9 nitrogen and oxygen atoms in total. The van der Waals surface area contributed by atoms with Crippen LogP contribution in [-0.4, -0.2) is 59.2 Å². The van der Waals surface area contributed by atoms with E-state index < -0.39 is 12.3 Å². The number of hydrogen-bond acceptors (Lipinski definition) is 10. The maximum Gasteiger partial charge on any atom is 1.00 e. The summed E-state index contributed by atoms with van der Waals surface area (Å²) in [6.07, 6.45) is 2.10. The average molecular weight is 652 g/mol. The Labute approximate surface area is 293 Å². The predicted octanol–water partition coefficient (Wildman–Crippen LogP) is 2.71. The van der Waals surface area contributed by atoms with Crippen molar-refractivity contribution in [1.29, 1.82) is 0 Å². The maximum atomic E-state index is 10.5. The van der Waals surface area contributed by atoms with Crippen LogP contribution in [0.4, 0.5) is 0 Å². The normalized spacial score (nSPS) is 13.0. The van der Waals surface area contributed by atoms with Crippen molar-refractivity contribution in [3.8, 4) is 11.5 Å². The van der Waals surface area contributed by atoms with Crippen molar-refractivity contribution in [3.63, 3.8) is 0 Å². The van der Waals surface area contributed by atoms with Crippen LogP contribution in [0.3, 0.4) is 0 Å². The molecule has 2 aromatic heterocycles. The molecule has 2 aromatic carbocycles. The number of ether oxygens (including phenoxy) is 3. The Morgan fingerprint density at radius 3 is 1.73 bits per heavy atom. The van der Waals surface area contributed by atoms with Gasteiger partial charge in [0.05, 0.1) is 27.8 Å². The Kier molecular flexibility index (Phi) is 21.9. The minimum absolute atomic E-state index is 0. The second-order valence-electron chi connectivity index (χ2n) is 9.09. The number of aliphatic carboxylic acids is 1. The number of carbonyl (C=O) groups is 1. The molecule has 1 fully saturated rings. The van der Waals surface area contributed by atoms with Crippen LogP contribution in [0.5, 0.6) is 11.5 Å². The summed E-state index contributed by atoms with van der Waals surface area (Å²) in [5.74, 6) is 0.716. The maximum absolute atomic E-state index is 10.5. The van der Waals surface area contributed by atoms with Gasteiger partial charge in [-0.25, -0.2) is 9.97 Å². The summed E-state index contributed by atoms with van der Waals surface area (Å²) in [7, 11) is 0. The van der Waals surface area contributed by atoms with E-state index in [0.29, 0.717) is 19.6 Å².